The van der Waals surface area contributed by atoms with Gasteiger partial charge in [0.05, 0.1) is 11.9 Å². The van der Waals surface area contributed by atoms with Crippen LogP contribution < -0.4 is 5.32 Å². The zero-order valence-electron chi connectivity index (χ0n) is 14.0. The summed E-state index contributed by atoms with van der Waals surface area (Å²) in [4.78, 5) is 14.1. The Labute approximate surface area is 149 Å². The van der Waals surface area contributed by atoms with E-state index in [4.69, 9.17) is 0 Å². The van der Waals surface area contributed by atoms with Gasteiger partial charge in [0.25, 0.3) is 0 Å². The monoisotopic (exact) mass is 348 g/mol. The van der Waals surface area contributed by atoms with Crippen LogP contribution in [-0.2, 0) is 11.3 Å². The maximum absolute atomic E-state index is 12.3. The van der Waals surface area contributed by atoms with Crippen molar-refractivity contribution in [3.63, 3.8) is 0 Å². The average Bonchev–Trinajstić information content (AvgIpc) is 3.25. The van der Waals surface area contributed by atoms with E-state index >= 15 is 0 Å². The highest BCUT2D eigenvalue weighted by Crippen LogP contribution is 2.16. The van der Waals surface area contributed by atoms with E-state index in [0.29, 0.717) is 18.9 Å². The van der Waals surface area contributed by atoms with Crippen LogP contribution in [0.5, 0.6) is 0 Å². The number of carbonyl (C=O) groups excluding carboxylic acids is 1. The topological polar surface area (TPSA) is 50.2 Å². The number of para-hydroxylation sites is 1. The van der Waals surface area contributed by atoms with Crippen molar-refractivity contribution >= 4 is 18.3 Å². The van der Waals surface area contributed by atoms with Crippen LogP contribution in [0, 0.1) is 5.92 Å². The van der Waals surface area contributed by atoms with Gasteiger partial charge in [-0.05, 0) is 44.0 Å². The molecule has 130 valence electrons. The summed E-state index contributed by atoms with van der Waals surface area (Å²) in [5.41, 5.74) is 2.08. The van der Waals surface area contributed by atoms with Gasteiger partial charge in [-0.1, -0.05) is 18.2 Å². The van der Waals surface area contributed by atoms with Gasteiger partial charge in [-0.25, -0.2) is 4.68 Å². The Morgan fingerprint density at radius 1 is 1.38 bits per heavy atom. The maximum Gasteiger partial charge on any atom is 0.222 e. The quantitative estimate of drug-likeness (QED) is 0.873. The summed E-state index contributed by atoms with van der Waals surface area (Å²) in [6.45, 7) is 2.75. The van der Waals surface area contributed by atoms with Gasteiger partial charge >= 0.3 is 0 Å². The van der Waals surface area contributed by atoms with Crippen molar-refractivity contribution < 1.29 is 4.79 Å². The fourth-order valence-electron chi connectivity index (χ4n) is 3.01. The van der Waals surface area contributed by atoms with Gasteiger partial charge in [0.2, 0.25) is 5.91 Å². The van der Waals surface area contributed by atoms with Crippen LogP contribution in [0.1, 0.15) is 24.8 Å². The Morgan fingerprint density at radius 3 is 2.88 bits per heavy atom. The number of hydrogen-bond acceptors (Lipinski definition) is 3. The van der Waals surface area contributed by atoms with Crippen LogP contribution in [0.15, 0.2) is 42.7 Å². The van der Waals surface area contributed by atoms with Crippen LogP contribution in [0.4, 0.5) is 0 Å². The van der Waals surface area contributed by atoms with Gasteiger partial charge in [0.1, 0.15) is 0 Å². The molecule has 1 atom stereocenters. The Hall–Kier alpha value is -1.85. The molecule has 24 heavy (non-hydrogen) atoms. The smallest absolute Gasteiger partial charge is 0.222 e. The molecule has 1 amide bonds. The number of aromatic nitrogens is 2. The lowest BCUT2D eigenvalue weighted by Crippen LogP contribution is -2.26. The highest BCUT2D eigenvalue weighted by atomic mass is 35.5. The maximum atomic E-state index is 12.3. The van der Waals surface area contributed by atoms with Crippen molar-refractivity contribution in [3.8, 4) is 5.69 Å². The minimum Gasteiger partial charge on any atom is -0.341 e. The molecule has 1 aromatic heterocycles. The van der Waals surface area contributed by atoms with E-state index in [1.54, 1.807) is 4.90 Å². The van der Waals surface area contributed by atoms with Crippen molar-refractivity contribution in [2.24, 2.45) is 5.92 Å². The summed E-state index contributed by atoms with van der Waals surface area (Å²) in [6.07, 6.45) is 6.63. The van der Waals surface area contributed by atoms with E-state index in [0.717, 1.165) is 30.8 Å². The number of rotatable bonds is 6. The normalized spacial score (nSPS) is 16.6. The third-order valence-electron chi connectivity index (χ3n) is 4.43. The van der Waals surface area contributed by atoms with Crippen LogP contribution in [0.2, 0.25) is 0 Å². The van der Waals surface area contributed by atoms with Gasteiger partial charge in [-0.15, -0.1) is 12.4 Å². The minimum absolute atomic E-state index is 0. The van der Waals surface area contributed by atoms with E-state index < -0.39 is 0 Å². The SMILES string of the molecule is CN(Cc1cnn(-c2ccccc2)c1)C(=O)CCC1CCNC1.Cl. The van der Waals surface area contributed by atoms with Crippen molar-refractivity contribution in [3.05, 3.63) is 48.3 Å². The third-order valence-corrected chi connectivity index (χ3v) is 4.43. The molecule has 0 saturated carbocycles. The highest BCUT2D eigenvalue weighted by molar-refractivity contribution is 5.85. The largest absolute Gasteiger partial charge is 0.341 e. The predicted octanol–water partition coefficient (Wildman–Crippen LogP) is 2.64. The number of carbonyl (C=O) groups is 1. The molecule has 1 aliphatic rings. The fraction of sp³-hybridized carbons (Fsp3) is 0.444. The number of nitrogens with zero attached hydrogens (tertiary/aromatic N) is 3. The first kappa shape index (κ1) is 18.5. The second kappa shape index (κ2) is 8.85. The molecule has 1 fully saturated rings. The second-order valence-corrected chi connectivity index (χ2v) is 6.28. The first-order valence-corrected chi connectivity index (χ1v) is 8.26. The van der Waals surface area contributed by atoms with Crippen LogP contribution in [0.3, 0.4) is 0 Å². The molecule has 1 aliphatic heterocycles. The third kappa shape index (κ3) is 4.82. The summed E-state index contributed by atoms with van der Waals surface area (Å²) >= 11 is 0. The molecule has 1 N–H and O–H groups in total. The van der Waals surface area contributed by atoms with E-state index in [1.165, 1.54) is 6.42 Å². The van der Waals surface area contributed by atoms with Crippen LogP contribution in [-0.4, -0.2) is 40.7 Å². The van der Waals surface area contributed by atoms with Crippen LogP contribution in [0.25, 0.3) is 5.69 Å². The molecule has 1 aromatic carbocycles. The summed E-state index contributed by atoms with van der Waals surface area (Å²) < 4.78 is 1.85. The molecule has 0 aliphatic carbocycles. The molecule has 6 heteroatoms. The molecule has 5 nitrogen and oxygen atoms in total. The summed E-state index contributed by atoms with van der Waals surface area (Å²) in [5.74, 6) is 0.873. The van der Waals surface area contributed by atoms with E-state index in [-0.39, 0.29) is 18.3 Å². The predicted molar refractivity (Wildman–Crippen MR) is 97.5 cm³/mol. The zero-order chi connectivity index (χ0) is 16.1. The molecule has 2 aromatic rings. The molecule has 2 heterocycles. The second-order valence-electron chi connectivity index (χ2n) is 6.28. The first-order valence-electron chi connectivity index (χ1n) is 8.26. The summed E-state index contributed by atoms with van der Waals surface area (Å²) in [7, 11) is 1.87. The standard InChI is InChI=1S/C18H24N4O.ClH/c1-21(18(23)8-7-15-9-10-19-11-15)13-16-12-20-22(14-16)17-5-3-2-4-6-17;/h2-6,12,14-15,19H,7-11,13H2,1H3;1H. The van der Waals surface area contributed by atoms with Crippen molar-refractivity contribution in [1.82, 2.24) is 20.0 Å². The minimum atomic E-state index is 0. The van der Waals surface area contributed by atoms with Gasteiger partial charge in [0, 0.05) is 31.8 Å². The molecular formula is C18H25ClN4O. The van der Waals surface area contributed by atoms with E-state index in [2.05, 4.69) is 10.4 Å². The molecular weight excluding hydrogens is 324 g/mol. The Kier molecular flexibility index (Phi) is 6.82. The van der Waals surface area contributed by atoms with Gasteiger partial charge in [-0.3, -0.25) is 4.79 Å². The molecule has 3 rings (SSSR count). The van der Waals surface area contributed by atoms with Gasteiger partial charge in [-0.2, -0.15) is 5.10 Å². The van der Waals surface area contributed by atoms with Gasteiger partial charge in [0.15, 0.2) is 0 Å². The lowest BCUT2D eigenvalue weighted by molar-refractivity contribution is -0.130. The molecule has 1 saturated heterocycles. The number of amides is 1. The van der Waals surface area contributed by atoms with E-state index in [1.807, 2.05) is 54.5 Å². The first-order chi connectivity index (χ1) is 11.2. The number of halogens is 1. The van der Waals surface area contributed by atoms with Crippen molar-refractivity contribution in [2.75, 3.05) is 20.1 Å². The molecule has 0 radical (unpaired) electrons. The lowest BCUT2D eigenvalue weighted by Gasteiger charge is -2.17. The number of hydrogen-bond donors (Lipinski definition) is 1. The van der Waals surface area contributed by atoms with Gasteiger partial charge < -0.3 is 10.2 Å². The molecule has 0 spiro atoms. The highest BCUT2D eigenvalue weighted by Gasteiger charge is 2.17. The van der Waals surface area contributed by atoms with Crippen molar-refractivity contribution in [2.45, 2.75) is 25.8 Å². The van der Waals surface area contributed by atoms with Crippen LogP contribution >= 0.6 is 12.4 Å². The number of nitrogens with one attached hydrogen (secondary N) is 1. The lowest BCUT2D eigenvalue weighted by atomic mass is 10.0. The Morgan fingerprint density at radius 2 is 2.17 bits per heavy atom. The summed E-state index contributed by atoms with van der Waals surface area (Å²) in [5, 5.41) is 7.73. The van der Waals surface area contributed by atoms with E-state index in [9.17, 15) is 4.79 Å². The average molecular weight is 349 g/mol. The number of benzene rings is 1. The fourth-order valence-corrected chi connectivity index (χ4v) is 3.01. The summed E-state index contributed by atoms with van der Waals surface area (Å²) in [6, 6.07) is 10.00. The Balaban J connectivity index is 0.00000208. The zero-order valence-corrected chi connectivity index (χ0v) is 14.8. The van der Waals surface area contributed by atoms with Crippen molar-refractivity contribution in [1.29, 1.82) is 0 Å². The Bertz CT molecular complexity index is 637. The molecule has 1 unspecified atom stereocenters. The molecule has 0 bridgehead atoms.